The zero-order chi connectivity index (χ0) is 15.5. The highest BCUT2D eigenvalue weighted by Gasteiger charge is 2.12. The molecular formula is C18H29BrIN. The van der Waals surface area contributed by atoms with Crippen molar-refractivity contribution in [3.05, 3.63) is 31.8 Å². The lowest BCUT2D eigenvalue weighted by molar-refractivity contribution is 0.493. The molecule has 0 aliphatic rings. The lowest BCUT2D eigenvalue weighted by Gasteiger charge is -2.18. The van der Waals surface area contributed by atoms with Crippen molar-refractivity contribution in [2.24, 2.45) is 0 Å². The summed E-state index contributed by atoms with van der Waals surface area (Å²) in [5.41, 5.74) is 1.43. The van der Waals surface area contributed by atoms with Gasteiger partial charge in [-0.15, -0.1) is 0 Å². The van der Waals surface area contributed by atoms with Crippen molar-refractivity contribution in [3.63, 3.8) is 0 Å². The third kappa shape index (κ3) is 7.98. The predicted molar refractivity (Wildman–Crippen MR) is 106 cm³/mol. The van der Waals surface area contributed by atoms with E-state index in [2.05, 4.69) is 76.0 Å². The van der Waals surface area contributed by atoms with Crippen LogP contribution in [0.3, 0.4) is 0 Å². The zero-order valence-corrected chi connectivity index (χ0v) is 17.2. The monoisotopic (exact) mass is 465 g/mol. The van der Waals surface area contributed by atoms with Gasteiger partial charge in [0.1, 0.15) is 0 Å². The SMILES string of the molecule is CCCCCCCCCCC(NC)c1cc(Br)ccc1I. The minimum atomic E-state index is 0.481. The largest absolute Gasteiger partial charge is 0.313 e. The average Bonchev–Trinajstić information content (AvgIpc) is 2.49. The van der Waals surface area contributed by atoms with E-state index >= 15 is 0 Å². The number of benzene rings is 1. The van der Waals surface area contributed by atoms with Gasteiger partial charge in [-0.2, -0.15) is 0 Å². The van der Waals surface area contributed by atoms with Gasteiger partial charge in [0.25, 0.3) is 0 Å². The fourth-order valence-corrected chi connectivity index (χ4v) is 3.81. The van der Waals surface area contributed by atoms with Gasteiger partial charge in [0, 0.05) is 14.1 Å². The number of unbranched alkanes of at least 4 members (excludes halogenated alkanes) is 7. The van der Waals surface area contributed by atoms with Crippen molar-refractivity contribution in [2.45, 2.75) is 70.8 Å². The van der Waals surface area contributed by atoms with Gasteiger partial charge in [0.15, 0.2) is 0 Å². The topological polar surface area (TPSA) is 12.0 Å². The highest BCUT2D eigenvalue weighted by molar-refractivity contribution is 14.1. The van der Waals surface area contributed by atoms with Gasteiger partial charge in [0.05, 0.1) is 0 Å². The van der Waals surface area contributed by atoms with E-state index in [1.54, 1.807) is 0 Å². The lowest BCUT2D eigenvalue weighted by atomic mass is 9.99. The van der Waals surface area contributed by atoms with Crippen LogP contribution in [0.25, 0.3) is 0 Å². The Morgan fingerprint density at radius 3 is 2.29 bits per heavy atom. The van der Waals surface area contributed by atoms with Crippen LogP contribution in [0.2, 0.25) is 0 Å². The summed E-state index contributed by atoms with van der Waals surface area (Å²) in [5, 5.41) is 3.48. The van der Waals surface area contributed by atoms with Gasteiger partial charge >= 0.3 is 0 Å². The van der Waals surface area contributed by atoms with Crippen molar-refractivity contribution in [2.75, 3.05) is 7.05 Å². The first-order chi connectivity index (χ1) is 10.2. The second kappa shape index (κ2) is 11.9. The first-order valence-corrected chi connectivity index (χ1v) is 10.2. The van der Waals surface area contributed by atoms with E-state index in [0.717, 1.165) is 0 Å². The summed E-state index contributed by atoms with van der Waals surface area (Å²) in [4.78, 5) is 0. The molecule has 1 rings (SSSR count). The van der Waals surface area contributed by atoms with Crippen molar-refractivity contribution in [1.82, 2.24) is 5.32 Å². The Bertz CT molecular complexity index is 395. The van der Waals surface area contributed by atoms with E-state index in [9.17, 15) is 0 Å². The van der Waals surface area contributed by atoms with E-state index in [-0.39, 0.29) is 0 Å². The molecule has 0 saturated carbocycles. The Hall–Kier alpha value is 0.390. The van der Waals surface area contributed by atoms with Crippen molar-refractivity contribution in [3.8, 4) is 0 Å². The second-order valence-electron chi connectivity index (χ2n) is 5.77. The smallest absolute Gasteiger partial charge is 0.0328 e. The molecule has 0 saturated heterocycles. The second-order valence-corrected chi connectivity index (χ2v) is 7.85. The van der Waals surface area contributed by atoms with E-state index in [1.807, 2.05) is 0 Å². The first-order valence-electron chi connectivity index (χ1n) is 8.31. The standard InChI is InChI=1S/C18H29BrIN/c1-3-4-5-6-7-8-9-10-11-18(21-2)16-14-15(19)12-13-17(16)20/h12-14,18,21H,3-11H2,1-2H3. The van der Waals surface area contributed by atoms with Crippen LogP contribution in [-0.2, 0) is 0 Å². The van der Waals surface area contributed by atoms with Gasteiger partial charge in [-0.3, -0.25) is 0 Å². The molecular weight excluding hydrogens is 437 g/mol. The molecule has 0 aliphatic carbocycles. The molecule has 0 spiro atoms. The molecule has 1 N–H and O–H groups in total. The summed E-state index contributed by atoms with van der Waals surface area (Å²) in [6.07, 6.45) is 12.3. The molecule has 0 aliphatic heterocycles. The highest BCUT2D eigenvalue weighted by atomic mass is 127. The normalized spacial score (nSPS) is 12.6. The summed E-state index contributed by atoms with van der Waals surface area (Å²) >= 11 is 6.03. The molecule has 1 atom stereocenters. The van der Waals surface area contributed by atoms with Crippen LogP contribution < -0.4 is 5.32 Å². The number of hydrogen-bond donors (Lipinski definition) is 1. The van der Waals surface area contributed by atoms with Crippen LogP contribution in [0.15, 0.2) is 22.7 Å². The van der Waals surface area contributed by atoms with E-state index in [1.165, 1.54) is 71.4 Å². The molecule has 21 heavy (non-hydrogen) atoms. The molecule has 0 heterocycles. The van der Waals surface area contributed by atoms with Gasteiger partial charge < -0.3 is 5.32 Å². The Morgan fingerprint density at radius 2 is 1.67 bits per heavy atom. The Balaban J connectivity index is 2.27. The maximum absolute atomic E-state index is 3.59. The highest BCUT2D eigenvalue weighted by Crippen LogP contribution is 2.27. The summed E-state index contributed by atoms with van der Waals surface area (Å²) in [6.45, 7) is 2.28. The molecule has 3 heteroatoms. The quantitative estimate of drug-likeness (QED) is 0.278. The lowest BCUT2D eigenvalue weighted by Crippen LogP contribution is -2.17. The molecule has 0 amide bonds. The Labute approximate surface area is 152 Å². The number of hydrogen-bond acceptors (Lipinski definition) is 1. The molecule has 0 aromatic heterocycles. The van der Waals surface area contributed by atoms with Crippen LogP contribution in [0.1, 0.15) is 76.3 Å². The summed E-state index contributed by atoms with van der Waals surface area (Å²) in [5.74, 6) is 0. The van der Waals surface area contributed by atoms with Crippen LogP contribution >= 0.6 is 38.5 Å². The zero-order valence-electron chi connectivity index (χ0n) is 13.4. The Kier molecular flexibility index (Phi) is 11.0. The molecule has 1 aromatic carbocycles. The van der Waals surface area contributed by atoms with E-state index in [0.29, 0.717) is 6.04 Å². The number of rotatable bonds is 11. The summed E-state index contributed by atoms with van der Waals surface area (Å²) in [7, 11) is 2.08. The Morgan fingerprint density at radius 1 is 1.05 bits per heavy atom. The summed E-state index contributed by atoms with van der Waals surface area (Å²) in [6, 6.07) is 7.05. The molecule has 0 fully saturated rings. The number of halogens is 2. The third-order valence-electron chi connectivity index (χ3n) is 4.03. The molecule has 1 aromatic rings. The van der Waals surface area contributed by atoms with Crippen LogP contribution in [0.5, 0.6) is 0 Å². The average molecular weight is 466 g/mol. The van der Waals surface area contributed by atoms with Crippen LogP contribution in [-0.4, -0.2) is 7.05 Å². The van der Waals surface area contributed by atoms with Gasteiger partial charge in [0.2, 0.25) is 0 Å². The van der Waals surface area contributed by atoms with Gasteiger partial charge in [-0.05, 0) is 59.8 Å². The minimum Gasteiger partial charge on any atom is -0.313 e. The molecule has 0 radical (unpaired) electrons. The molecule has 120 valence electrons. The fraction of sp³-hybridized carbons (Fsp3) is 0.667. The predicted octanol–water partition coefficient (Wildman–Crippen LogP) is 6.85. The molecule has 0 bridgehead atoms. The number of nitrogens with one attached hydrogen (secondary N) is 1. The van der Waals surface area contributed by atoms with E-state index in [4.69, 9.17) is 0 Å². The van der Waals surface area contributed by atoms with Crippen molar-refractivity contribution >= 4 is 38.5 Å². The molecule has 1 unspecified atom stereocenters. The van der Waals surface area contributed by atoms with E-state index < -0.39 is 0 Å². The molecule has 1 nitrogen and oxygen atoms in total. The van der Waals surface area contributed by atoms with Crippen molar-refractivity contribution < 1.29 is 0 Å². The van der Waals surface area contributed by atoms with Crippen LogP contribution in [0.4, 0.5) is 0 Å². The first kappa shape index (κ1) is 19.4. The maximum Gasteiger partial charge on any atom is 0.0328 e. The van der Waals surface area contributed by atoms with Gasteiger partial charge in [-0.1, -0.05) is 74.2 Å². The fourth-order valence-electron chi connectivity index (χ4n) is 2.72. The maximum atomic E-state index is 3.59. The summed E-state index contributed by atoms with van der Waals surface area (Å²) < 4.78 is 2.53. The van der Waals surface area contributed by atoms with Gasteiger partial charge in [-0.25, -0.2) is 0 Å². The van der Waals surface area contributed by atoms with Crippen LogP contribution in [0, 0.1) is 3.57 Å². The third-order valence-corrected chi connectivity index (χ3v) is 5.50. The van der Waals surface area contributed by atoms with Crippen molar-refractivity contribution in [1.29, 1.82) is 0 Å². The minimum absolute atomic E-state index is 0.481.